The fraction of sp³-hybridized carbons (Fsp3) is 0.250. The number of ether oxygens (including phenoxy) is 1. The summed E-state index contributed by atoms with van der Waals surface area (Å²) in [5.74, 6) is 0.481. The molecule has 0 spiro atoms. The number of anilines is 1. The lowest BCUT2D eigenvalue weighted by Gasteiger charge is -2.12. The highest BCUT2D eigenvalue weighted by Crippen LogP contribution is 2.30. The summed E-state index contributed by atoms with van der Waals surface area (Å²) in [6.07, 6.45) is -0.0372. The second-order valence-electron chi connectivity index (χ2n) is 5.09. The molecule has 0 bridgehead atoms. The minimum absolute atomic E-state index is 0.0137. The number of hydrogen-bond donors (Lipinski definition) is 1. The lowest BCUT2D eigenvalue weighted by molar-refractivity contribution is -0.384. The van der Waals surface area contributed by atoms with Crippen LogP contribution in [0, 0.1) is 10.1 Å². The number of nitro benzene ring substituents is 1. The monoisotopic (exact) mass is 320 g/mol. The molecule has 116 valence electrons. The first-order valence-electron chi connectivity index (χ1n) is 6.89. The minimum atomic E-state index is -0.423. The van der Waals surface area contributed by atoms with Crippen LogP contribution in [0.4, 0.5) is 11.4 Å². The molecule has 22 heavy (non-hydrogen) atoms. The Labute approximate surface area is 134 Å². The van der Waals surface area contributed by atoms with Crippen molar-refractivity contribution in [3.05, 3.63) is 63.2 Å². The van der Waals surface area contributed by atoms with Gasteiger partial charge in [0.25, 0.3) is 5.69 Å². The summed E-state index contributed by atoms with van der Waals surface area (Å²) in [5, 5.41) is 14.9. The van der Waals surface area contributed by atoms with Crippen LogP contribution >= 0.6 is 11.6 Å². The van der Waals surface area contributed by atoms with Gasteiger partial charge in [0.15, 0.2) is 0 Å². The van der Waals surface area contributed by atoms with Crippen LogP contribution < -0.4 is 10.1 Å². The van der Waals surface area contributed by atoms with Gasteiger partial charge in [-0.25, -0.2) is 0 Å². The average Bonchev–Trinajstić information content (AvgIpc) is 2.45. The molecule has 0 saturated carbocycles. The molecular formula is C16H17ClN2O3. The van der Waals surface area contributed by atoms with Gasteiger partial charge in [0.2, 0.25) is 0 Å². The fourth-order valence-corrected chi connectivity index (χ4v) is 2.21. The summed E-state index contributed by atoms with van der Waals surface area (Å²) < 4.78 is 5.49. The van der Waals surface area contributed by atoms with Crippen molar-refractivity contribution >= 4 is 23.0 Å². The van der Waals surface area contributed by atoms with Gasteiger partial charge in [-0.1, -0.05) is 23.7 Å². The molecule has 0 aliphatic rings. The quantitative estimate of drug-likeness (QED) is 0.621. The van der Waals surface area contributed by atoms with Gasteiger partial charge in [-0.05, 0) is 43.7 Å². The molecule has 0 saturated heterocycles. The van der Waals surface area contributed by atoms with Gasteiger partial charge >= 0.3 is 0 Å². The maximum atomic E-state index is 11.2. The van der Waals surface area contributed by atoms with E-state index in [9.17, 15) is 10.1 Å². The van der Waals surface area contributed by atoms with Gasteiger partial charge in [0.05, 0.1) is 17.1 Å². The van der Waals surface area contributed by atoms with E-state index in [4.69, 9.17) is 16.3 Å². The number of nitrogens with one attached hydrogen (secondary N) is 1. The first-order valence-corrected chi connectivity index (χ1v) is 7.27. The second kappa shape index (κ2) is 7.13. The topological polar surface area (TPSA) is 64.4 Å². The number of nitrogens with zero attached hydrogens (tertiary/aromatic N) is 1. The predicted molar refractivity (Wildman–Crippen MR) is 87.6 cm³/mol. The van der Waals surface area contributed by atoms with Crippen LogP contribution in [0.2, 0.25) is 5.02 Å². The van der Waals surface area contributed by atoms with E-state index in [-0.39, 0.29) is 11.8 Å². The first kappa shape index (κ1) is 16.1. The normalized spacial score (nSPS) is 10.5. The summed E-state index contributed by atoms with van der Waals surface area (Å²) >= 11 is 5.92. The van der Waals surface area contributed by atoms with Gasteiger partial charge in [0, 0.05) is 11.6 Å². The molecule has 0 aromatic heterocycles. The number of benzene rings is 2. The van der Waals surface area contributed by atoms with Crippen molar-refractivity contribution in [2.45, 2.75) is 26.5 Å². The van der Waals surface area contributed by atoms with E-state index < -0.39 is 4.92 Å². The number of nitro groups is 1. The van der Waals surface area contributed by atoms with Crippen molar-refractivity contribution in [1.82, 2.24) is 0 Å². The zero-order chi connectivity index (χ0) is 16.1. The van der Waals surface area contributed by atoms with E-state index >= 15 is 0 Å². The van der Waals surface area contributed by atoms with Crippen molar-refractivity contribution in [2.24, 2.45) is 0 Å². The molecule has 0 radical (unpaired) electrons. The standard InChI is InChI=1S/C16H17ClN2O3/c1-11(2)22-14-6-7-15(16(9-14)19(20)21)18-10-12-4-3-5-13(17)8-12/h3-9,11,18H,10H2,1-2H3. The Bertz CT molecular complexity index is 674. The lowest BCUT2D eigenvalue weighted by Crippen LogP contribution is -2.07. The molecule has 0 unspecified atom stereocenters. The SMILES string of the molecule is CC(C)Oc1ccc(NCc2cccc(Cl)c2)c([N+](=O)[O-])c1. The summed E-state index contributed by atoms with van der Waals surface area (Å²) in [6, 6.07) is 12.1. The smallest absolute Gasteiger partial charge is 0.296 e. The number of hydrogen-bond acceptors (Lipinski definition) is 4. The zero-order valence-corrected chi connectivity index (χ0v) is 13.1. The number of rotatable bonds is 6. The maximum absolute atomic E-state index is 11.2. The molecule has 2 aromatic carbocycles. The highest BCUT2D eigenvalue weighted by Gasteiger charge is 2.15. The third-order valence-electron chi connectivity index (χ3n) is 2.91. The molecule has 2 aromatic rings. The third kappa shape index (κ3) is 4.36. The molecule has 0 amide bonds. The van der Waals surface area contributed by atoms with Gasteiger partial charge in [-0.2, -0.15) is 0 Å². The Morgan fingerprint density at radius 1 is 1.27 bits per heavy atom. The van der Waals surface area contributed by atoms with Crippen LogP contribution in [-0.4, -0.2) is 11.0 Å². The summed E-state index contributed by atoms with van der Waals surface area (Å²) in [6.45, 7) is 4.19. The number of halogens is 1. The van der Waals surface area contributed by atoms with Crippen LogP contribution in [0.3, 0.4) is 0 Å². The van der Waals surface area contributed by atoms with Crippen LogP contribution in [0.1, 0.15) is 19.4 Å². The van der Waals surface area contributed by atoms with Gasteiger partial charge in [0.1, 0.15) is 11.4 Å². The summed E-state index contributed by atoms with van der Waals surface area (Å²) in [4.78, 5) is 10.8. The van der Waals surface area contributed by atoms with Gasteiger partial charge in [-0.15, -0.1) is 0 Å². The summed E-state index contributed by atoms with van der Waals surface area (Å²) in [7, 11) is 0. The lowest BCUT2D eigenvalue weighted by atomic mass is 10.2. The maximum Gasteiger partial charge on any atom is 0.296 e. The molecule has 0 atom stereocenters. The second-order valence-corrected chi connectivity index (χ2v) is 5.52. The van der Waals surface area contributed by atoms with Crippen molar-refractivity contribution in [3.63, 3.8) is 0 Å². The van der Waals surface area contributed by atoms with Crippen molar-refractivity contribution < 1.29 is 9.66 Å². The molecule has 0 aliphatic heterocycles. The Kier molecular flexibility index (Phi) is 5.22. The van der Waals surface area contributed by atoms with Crippen LogP contribution in [0.5, 0.6) is 5.75 Å². The Morgan fingerprint density at radius 3 is 2.68 bits per heavy atom. The third-order valence-corrected chi connectivity index (χ3v) is 3.14. The molecule has 1 N–H and O–H groups in total. The van der Waals surface area contributed by atoms with E-state index in [0.29, 0.717) is 23.0 Å². The molecular weight excluding hydrogens is 304 g/mol. The molecule has 0 aliphatic carbocycles. The average molecular weight is 321 g/mol. The van der Waals surface area contributed by atoms with E-state index in [0.717, 1.165) is 5.56 Å². The van der Waals surface area contributed by atoms with Gasteiger partial charge in [-0.3, -0.25) is 10.1 Å². The molecule has 5 nitrogen and oxygen atoms in total. The minimum Gasteiger partial charge on any atom is -0.491 e. The molecule has 0 heterocycles. The van der Waals surface area contributed by atoms with E-state index in [2.05, 4.69) is 5.32 Å². The first-order chi connectivity index (χ1) is 10.5. The molecule has 6 heteroatoms. The van der Waals surface area contributed by atoms with Gasteiger partial charge < -0.3 is 10.1 Å². The Balaban J connectivity index is 2.17. The summed E-state index contributed by atoms with van der Waals surface area (Å²) in [5.41, 5.74) is 1.38. The van der Waals surface area contributed by atoms with E-state index in [1.54, 1.807) is 18.2 Å². The Hall–Kier alpha value is -2.27. The van der Waals surface area contributed by atoms with E-state index in [1.807, 2.05) is 32.0 Å². The molecule has 0 fully saturated rings. The Morgan fingerprint density at radius 2 is 2.05 bits per heavy atom. The zero-order valence-electron chi connectivity index (χ0n) is 12.4. The highest BCUT2D eigenvalue weighted by atomic mass is 35.5. The van der Waals surface area contributed by atoms with Crippen LogP contribution in [0.25, 0.3) is 0 Å². The predicted octanol–water partition coefficient (Wildman–Crippen LogP) is 4.65. The highest BCUT2D eigenvalue weighted by molar-refractivity contribution is 6.30. The fourth-order valence-electron chi connectivity index (χ4n) is 2.00. The van der Waals surface area contributed by atoms with E-state index in [1.165, 1.54) is 6.07 Å². The van der Waals surface area contributed by atoms with Crippen LogP contribution in [0.15, 0.2) is 42.5 Å². The largest absolute Gasteiger partial charge is 0.491 e. The van der Waals surface area contributed by atoms with Crippen molar-refractivity contribution in [3.8, 4) is 5.75 Å². The van der Waals surface area contributed by atoms with Crippen molar-refractivity contribution in [1.29, 1.82) is 0 Å². The molecule has 2 rings (SSSR count). The van der Waals surface area contributed by atoms with Crippen LogP contribution in [-0.2, 0) is 6.54 Å². The van der Waals surface area contributed by atoms with Crippen molar-refractivity contribution in [2.75, 3.05) is 5.32 Å².